The number of nitrogens with zero attached hydrogens (tertiary/aromatic N) is 6. The molecule has 7 rings (SSSR count). The fraction of sp³-hybridized carbons (Fsp3) is 0.562. The third kappa shape index (κ3) is 6.24. The minimum Gasteiger partial charge on any atom is -0.444 e. The van der Waals surface area contributed by atoms with E-state index in [9.17, 15) is 9.59 Å². The summed E-state index contributed by atoms with van der Waals surface area (Å²) in [7, 11) is 2.36. The highest BCUT2D eigenvalue weighted by Crippen LogP contribution is 2.42. The average Bonchev–Trinajstić information content (AvgIpc) is 3.51. The highest BCUT2D eigenvalue weighted by Gasteiger charge is 2.48. The van der Waals surface area contributed by atoms with E-state index in [-0.39, 0.29) is 36.3 Å². The van der Waals surface area contributed by atoms with Crippen LogP contribution in [0.1, 0.15) is 27.2 Å². The number of anilines is 1. The number of carbonyl (C=O) groups excluding carboxylic acids is 1. The lowest BCUT2D eigenvalue weighted by Crippen LogP contribution is -2.65. The molecule has 1 N–H and O–H groups in total. The summed E-state index contributed by atoms with van der Waals surface area (Å²) >= 11 is 6.96. The quantitative estimate of drug-likeness (QED) is 0.195. The lowest BCUT2D eigenvalue weighted by Gasteiger charge is -2.53. The van der Waals surface area contributed by atoms with Crippen LogP contribution < -0.4 is 15.8 Å². The van der Waals surface area contributed by atoms with Gasteiger partial charge in [-0.25, -0.2) is 4.79 Å². The molecule has 1 aliphatic carbocycles. The van der Waals surface area contributed by atoms with E-state index < -0.39 is 13.7 Å². The van der Waals surface area contributed by atoms with Gasteiger partial charge in [-0.15, -0.1) is 0 Å². The number of aromatic nitrogens is 5. The molecule has 3 aliphatic rings. The van der Waals surface area contributed by atoms with Crippen LogP contribution in [0.25, 0.3) is 33.1 Å². The highest BCUT2D eigenvalue weighted by molar-refractivity contribution is 6.76. The summed E-state index contributed by atoms with van der Waals surface area (Å²) in [6, 6.07) is 4.94. The number of fused-ring (bicyclic) bond motifs is 4. The molecule has 1 saturated carbocycles. The number of amides is 1. The van der Waals surface area contributed by atoms with Gasteiger partial charge in [-0.3, -0.25) is 14.0 Å². The fourth-order valence-electron chi connectivity index (χ4n) is 6.55. The van der Waals surface area contributed by atoms with E-state index in [1.807, 2.05) is 56.9 Å². The van der Waals surface area contributed by atoms with Gasteiger partial charge in [0.05, 0.1) is 15.9 Å². The van der Waals surface area contributed by atoms with Gasteiger partial charge in [0, 0.05) is 76.8 Å². The molecule has 2 atom stereocenters. The van der Waals surface area contributed by atoms with Crippen molar-refractivity contribution < 1.29 is 14.3 Å². The highest BCUT2D eigenvalue weighted by atomic mass is 35.5. The summed E-state index contributed by atoms with van der Waals surface area (Å²) < 4.78 is 17.0. The Labute approximate surface area is 269 Å². The Kier molecular flexibility index (Phi) is 8.06. The van der Waals surface area contributed by atoms with Crippen LogP contribution >= 0.6 is 11.6 Å². The third-order valence-electron chi connectivity index (χ3n) is 8.83. The van der Waals surface area contributed by atoms with Crippen LogP contribution in [0.4, 0.5) is 10.7 Å². The number of hydrogen-bond donors (Lipinski definition) is 1. The Hall–Kier alpha value is -3.35. The van der Waals surface area contributed by atoms with Gasteiger partial charge in [-0.2, -0.15) is 10.1 Å². The first-order valence-electron chi connectivity index (χ1n) is 15.6. The molecule has 2 saturated heterocycles. The molecule has 242 valence electrons. The van der Waals surface area contributed by atoms with Crippen LogP contribution in [0.15, 0.2) is 29.3 Å². The van der Waals surface area contributed by atoms with Gasteiger partial charge in [0.25, 0.3) is 5.56 Å². The van der Waals surface area contributed by atoms with Crippen LogP contribution in [0.2, 0.25) is 30.7 Å². The number of hydrogen-bond acceptors (Lipinski definition) is 7. The summed E-state index contributed by atoms with van der Waals surface area (Å²) in [5.41, 5.74) is 2.15. The van der Waals surface area contributed by atoms with E-state index in [4.69, 9.17) is 26.1 Å². The van der Waals surface area contributed by atoms with E-state index in [2.05, 4.69) is 35.0 Å². The van der Waals surface area contributed by atoms with Gasteiger partial charge in [0.15, 0.2) is 5.65 Å². The molecule has 0 spiro atoms. The second kappa shape index (κ2) is 11.5. The minimum absolute atomic E-state index is 0.0524. The number of nitrogens with one attached hydrogen (secondary N) is 1. The predicted molar refractivity (Wildman–Crippen MR) is 181 cm³/mol. The van der Waals surface area contributed by atoms with E-state index in [1.54, 1.807) is 16.3 Å². The summed E-state index contributed by atoms with van der Waals surface area (Å²) in [6.07, 6.45) is 4.47. The molecule has 2 aliphatic heterocycles. The lowest BCUT2D eigenvalue weighted by atomic mass is 9.66. The SMILES string of the molecule is Cn1cc2c(Cl)c(-c3cn(COCC[Si](C)(C)C)c4nc(N5CC6CC(C5)C6NC(=O)OC(C)(C)C)n(C)c(=O)c34)ccc2n1. The van der Waals surface area contributed by atoms with Gasteiger partial charge in [-0.1, -0.05) is 37.3 Å². The monoisotopic (exact) mass is 653 g/mol. The van der Waals surface area contributed by atoms with Gasteiger partial charge >= 0.3 is 6.09 Å². The van der Waals surface area contributed by atoms with E-state index in [0.29, 0.717) is 41.7 Å². The molecule has 11 nitrogen and oxygen atoms in total. The van der Waals surface area contributed by atoms with E-state index in [0.717, 1.165) is 34.5 Å². The molecule has 1 amide bonds. The first kappa shape index (κ1) is 31.6. The maximum Gasteiger partial charge on any atom is 0.407 e. The van der Waals surface area contributed by atoms with Crippen molar-refractivity contribution in [3.63, 3.8) is 0 Å². The van der Waals surface area contributed by atoms with Crippen molar-refractivity contribution >= 4 is 53.7 Å². The third-order valence-corrected chi connectivity index (χ3v) is 10.9. The molecule has 45 heavy (non-hydrogen) atoms. The Balaban J connectivity index is 1.35. The molecular formula is C32H44ClN7O4Si. The number of halogens is 1. The molecule has 4 aromatic rings. The summed E-state index contributed by atoms with van der Waals surface area (Å²) in [5, 5.41) is 9.44. The van der Waals surface area contributed by atoms with Gasteiger partial charge in [0.1, 0.15) is 12.3 Å². The second-order valence-corrected chi connectivity index (χ2v) is 20.8. The second-order valence-electron chi connectivity index (χ2n) is 14.8. The van der Waals surface area contributed by atoms with Crippen molar-refractivity contribution in [2.45, 2.75) is 71.3 Å². The number of rotatable bonds is 8. The number of benzene rings is 1. The zero-order valence-electron chi connectivity index (χ0n) is 27.5. The largest absolute Gasteiger partial charge is 0.444 e. The molecule has 2 bridgehead atoms. The number of aryl methyl sites for hydroxylation is 1. The zero-order valence-corrected chi connectivity index (χ0v) is 29.2. The maximum absolute atomic E-state index is 14.2. The molecule has 5 heterocycles. The van der Waals surface area contributed by atoms with Crippen LogP contribution in [-0.2, 0) is 30.3 Å². The average molecular weight is 654 g/mol. The summed E-state index contributed by atoms with van der Waals surface area (Å²) in [6.45, 7) is 14.9. The van der Waals surface area contributed by atoms with Crippen molar-refractivity contribution in [3.05, 3.63) is 39.9 Å². The smallest absolute Gasteiger partial charge is 0.407 e. The van der Waals surface area contributed by atoms with E-state index >= 15 is 0 Å². The normalized spacial score (nSPS) is 20.1. The lowest BCUT2D eigenvalue weighted by molar-refractivity contribution is 0.0281. The number of ether oxygens (including phenoxy) is 2. The molecular weight excluding hydrogens is 610 g/mol. The van der Waals surface area contributed by atoms with Crippen LogP contribution in [0.5, 0.6) is 0 Å². The van der Waals surface area contributed by atoms with Crippen molar-refractivity contribution in [1.29, 1.82) is 0 Å². The summed E-state index contributed by atoms with van der Waals surface area (Å²) in [4.78, 5) is 34.0. The Bertz CT molecular complexity index is 1820. The first-order chi connectivity index (χ1) is 21.1. The number of piperidine rings is 2. The molecule has 0 radical (unpaired) electrons. The van der Waals surface area contributed by atoms with Crippen LogP contribution in [0, 0.1) is 11.8 Å². The maximum atomic E-state index is 14.2. The minimum atomic E-state index is -1.28. The Morgan fingerprint density at radius 3 is 2.49 bits per heavy atom. The van der Waals surface area contributed by atoms with E-state index in [1.165, 1.54) is 0 Å². The van der Waals surface area contributed by atoms with Crippen molar-refractivity contribution in [2.24, 2.45) is 25.9 Å². The number of alkyl carbamates (subject to hydrolysis) is 1. The molecule has 3 aromatic heterocycles. The topological polar surface area (TPSA) is 108 Å². The predicted octanol–water partition coefficient (Wildman–Crippen LogP) is 5.60. The fourth-order valence-corrected chi connectivity index (χ4v) is 7.62. The first-order valence-corrected chi connectivity index (χ1v) is 19.7. The van der Waals surface area contributed by atoms with Gasteiger partial charge in [-0.05, 0) is 51.1 Å². The Morgan fingerprint density at radius 1 is 1.11 bits per heavy atom. The zero-order chi connectivity index (χ0) is 32.4. The molecule has 1 aromatic carbocycles. The molecule has 2 unspecified atom stereocenters. The van der Waals surface area contributed by atoms with Crippen LogP contribution in [-0.4, -0.2) is 69.4 Å². The summed E-state index contributed by atoms with van der Waals surface area (Å²) in [5.74, 6) is 1.11. The van der Waals surface area contributed by atoms with Gasteiger partial charge < -0.3 is 24.3 Å². The van der Waals surface area contributed by atoms with Gasteiger partial charge in [0.2, 0.25) is 5.95 Å². The van der Waals surface area contributed by atoms with Crippen LogP contribution in [0.3, 0.4) is 0 Å². The van der Waals surface area contributed by atoms with Crippen molar-refractivity contribution in [1.82, 2.24) is 29.2 Å². The van der Waals surface area contributed by atoms with Crippen molar-refractivity contribution in [2.75, 3.05) is 24.6 Å². The standard InChI is InChI=1S/C32H44ClN7O4Si/c1-32(2,3)44-31(42)34-27-19-13-20(27)15-39(14-19)30-35-28-25(29(41)38(30)5)22(17-40(28)18-43-11-12-45(6,7)8)21-9-10-24-23(26(21)33)16-37(4)36-24/h9-10,16-17,19-20,27H,11-15,18H2,1-8H3,(H,34,42). The molecule has 13 heteroatoms. The van der Waals surface area contributed by atoms with Crippen molar-refractivity contribution in [3.8, 4) is 11.1 Å². The molecule has 3 fully saturated rings. The number of carbonyl (C=O) groups is 1. The Morgan fingerprint density at radius 2 is 1.82 bits per heavy atom.